The summed E-state index contributed by atoms with van der Waals surface area (Å²) in [5.74, 6) is -0.678. The summed E-state index contributed by atoms with van der Waals surface area (Å²) in [5.41, 5.74) is 8.84. The quantitative estimate of drug-likeness (QED) is 0.606. The number of hydrogen-bond donors (Lipinski definition) is 3. The summed E-state index contributed by atoms with van der Waals surface area (Å²) < 4.78 is 15.4. The highest BCUT2D eigenvalue weighted by atomic mass is 19.1. The van der Waals surface area contributed by atoms with Crippen LogP contribution in [0.5, 0.6) is 0 Å². The second-order valence-electron chi connectivity index (χ2n) is 6.21. The number of carbonyl (C=O) groups is 1. The highest BCUT2D eigenvalue weighted by molar-refractivity contribution is 6.09. The Morgan fingerprint density at radius 2 is 2.07 bits per heavy atom. The van der Waals surface area contributed by atoms with Crippen LogP contribution in [-0.2, 0) is 13.6 Å². The number of fused-ring (bicyclic) bond motifs is 1. The fraction of sp³-hybridized carbons (Fsp3) is 0.150. The Balaban J connectivity index is 1.90. The number of aromatic nitrogens is 2. The van der Waals surface area contributed by atoms with Crippen LogP contribution in [0.4, 0.5) is 4.39 Å². The van der Waals surface area contributed by atoms with Crippen molar-refractivity contribution < 1.29 is 9.18 Å². The molecule has 1 amide bonds. The Morgan fingerprint density at radius 1 is 1.33 bits per heavy atom. The highest BCUT2D eigenvalue weighted by Gasteiger charge is 2.16. The van der Waals surface area contributed by atoms with Crippen molar-refractivity contribution in [3.05, 3.63) is 70.9 Å². The summed E-state index contributed by atoms with van der Waals surface area (Å²) in [7, 11) is 1.74. The lowest BCUT2D eigenvalue weighted by Crippen LogP contribution is -2.25. The fourth-order valence-corrected chi connectivity index (χ4v) is 2.86. The molecule has 2 aromatic heterocycles. The fourth-order valence-electron chi connectivity index (χ4n) is 2.86. The molecule has 0 saturated carbocycles. The molecule has 6 nitrogen and oxygen atoms in total. The van der Waals surface area contributed by atoms with Crippen molar-refractivity contribution in [2.45, 2.75) is 13.5 Å². The zero-order chi connectivity index (χ0) is 19.6. The van der Waals surface area contributed by atoms with Crippen LogP contribution in [0.25, 0.3) is 16.6 Å². The molecule has 0 radical (unpaired) electrons. The average molecular weight is 365 g/mol. The maximum atomic E-state index is 13.7. The van der Waals surface area contributed by atoms with E-state index < -0.39 is 0 Å². The Morgan fingerprint density at radius 3 is 2.74 bits per heavy atom. The lowest BCUT2D eigenvalue weighted by Gasteiger charge is -2.08. The van der Waals surface area contributed by atoms with E-state index in [1.54, 1.807) is 48.9 Å². The van der Waals surface area contributed by atoms with Gasteiger partial charge in [-0.1, -0.05) is 18.2 Å². The van der Waals surface area contributed by atoms with Crippen molar-refractivity contribution in [1.29, 1.82) is 5.41 Å². The van der Waals surface area contributed by atoms with E-state index in [1.165, 1.54) is 6.07 Å². The van der Waals surface area contributed by atoms with Gasteiger partial charge in [-0.3, -0.25) is 4.79 Å². The van der Waals surface area contributed by atoms with E-state index in [9.17, 15) is 9.18 Å². The number of amides is 1. The van der Waals surface area contributed by atoms with Gasteiger partial charge in [0.15, 0.2) is 0 Å². The first kappa shape index (κ1) is 18.3. The number of benzene rings is 1. The van der Waals surface area contributed by atoms with Gasteiger partial charge in [-0.15, -0.1) is 0 Å². The van der Waals surface area contributed by atoms with Gasteiger partial charge in [0.25, 0.3) is 5.91 Å². The van der Waals surface area contributed by atoms with E-state index in [1.807, 2.05) is 6.07 Å². The van der Waals surface area contributed by atoms with Gasteiger partial charge in [-0.2, -0.15) is 0 Å². The molecule has 27 heavy (non-hydrogen) atoms. The molecule has 0 fully saturated rings. The Labute approximate surface area is 156 Å². The van der Waals surface area contributed by atoms with Crippen molar-refractivity contribution in [3.8, 4) is 0 Å². The van der Waals surface area contributed by atoms with Gasteiger partial charge >= 0.3 is 0 Å². The summed E-state index contributed by atoms with van der Waals surface area (Å²) in [4.78, 5) is 17.1. The van der Waals surface area contributed by atoms with E-state index >= 15 is 0 Å². The van der Waals surface area contributed by atoms with Gasteiger partial charge in [0.2, 0.25) is 0 Å². The van der Waals surface area contributed by atoms with Crippen LogP contribution < -0.4 is 11.1 Å². The minimum atomic E-state index is -0.357. The van der Waals surface area contributed by atoms with E-state index in [0.29, 0.717) is 33.9 Å². The van der Waals surface area contributed by atoms with E-state index in [4.69, 9.17) is 11.1 Å². The Hall–Kier alpha value is -3.48. The number of nitrogens with one attached hydrogen (secondary N) is 2. The largest absolute Gasteiger partial charge is 0.402 e. The second kappa shape index (κ2) is 7.41. The number of hydrogen-bond acceptors (Lipinski definition) is 4. The molecule has 1 aromatic carbocycles. The average Bonchev–Trinajstić information content (AvgIpc) is 2.98. The molecule has 3 rings (SSSR count). The number of allylic oxidation sites excluding steroid dienone is 2. The molecule has 0 bridgehead atoms. The van der Waals surface area contributed by atoms with Crippen LogP contribution in [0, 0.1) is 11.2 Å². The molecule has 0 saturated heterocycles. The van der Waals surface area contributed by atoms with Gasteiger partial charge in [-0.05, 0) is 31.2 Å². The minimum Gasteiger partial charge on any atom is -0.402 e. The van der Waals surface area contributed by atoms with Crippen LogP contribution in [0.2, 0.25) is 0 Å². The maximum absolute atomic E-state index is 13.7. The van der Waals surface area contributed by atoms with Gasteiger partial charge < -0.3 is 21.0 Å². The summed E-state index contributed by atoms with van der Waals surface area (Å²) >= 11 is 0. The number of aryl methyl sites for hydroxylation is 1. The number of pyridine rings is 1. The number of carbonyl (C=O) groups excluding carboxylic acids is 1. The van der Waals surface area contributed by atoms with Crippen LogP contribution in [0.15, 0.2) is 48.2 Å². The maximum Gasteiger partial charge on any atom is 0.268 e. The lowest BCUT2D eigenvalue weighted by molar-refractivity contribution is 0.0943. The van der Waals surface area contributed by atoms with Crippen LogP contribution in [0.1, 0.15) is 28.7 Å². The Bertz CT molecular complexity index is 1060. The number of nitrogens with two attached hydrogens (primary N) is 1. The van der Waals surface area contributed by atoms with E-state index in [-0.39, 0.29) is 18.3 Å². The molecular weight excluding hydrogens is 345 g/mol. The van der Waals surface area contributed by atoms with Crippen LogP contribution in [0.3, 0.4) is 0 Å². The second-order valence-corrected chi connectivity index (χ2v) is 6.21. The first-order chi connectivity index (χ1) is 12.9. The smallest absolute Gasteiger partial charge is 0.268 e. The van der Waals surface area contributed by atoms with Crippen molar-refractivity contribution in [2.75, 3.05) is 0 Å². The zero-order valence-electron chi connectivity index (χ0n) is 15.1. The monoisotopic (exact) mass is 365 g/mol. The summed E-state index contributed by atoms with van der Waals surface area (Å²) in [6.07, 6.45) is 1.16. The Kier molecular flexibility index (Phi) is 5.03. The minimum absolute atomic E-state index is 0.0960. The van der Waals surface area contributed by atoms with Crippen LogP contribution in [-0.4, -0.2) is 21.7 Å². The third kappa shape index (κ3) is 3.57. The number of nitrogens with zero attached hydrogens (tertiary/aromatic N) is 2. The highest BCUT2D eigenvalue weighted by Crippen LogP contribution is 2.21. The number of halogens is 1. The zero-order valence-corrected chi connectivity index (χ0v) is 15.1. The van der Waals surface area contributed by atoms with Gasteiger partial charge in [0.05, 0.1) is 5.69 Å². The van der Waals surface area contributed by atoms with E-state index in [0.717, 1.165) is 11.6 Å². The predicted molar refractivity (Wildman–Crippen MR) is 104 cm³/mol. The van der Waals surface area contributed by atoms with Crippen molar-refractivity contribution in [1.82, 2.24) is 14.9 Å². The third-order valence-corrected chi connectivity index (χ3v) is 4.35. The molecule has 0 aliphatic heterocycles. The van der Waals surface area contributed by atoms with Crippen LogP contribution >= 0.6 is 0 Å². The summed E-state index contributed by atoms with van der Waals surface area (Å²) in [5, 5.41) is 11.0. The molecule has 138 valence electrons. The van der Waals surface area contributed by atoms with Gasteiger partial charge in [0, 0.05) is 42.0 Å². The topological polar surface area (TPSA) is 96.8 Å². The molecule has 0 aliphatic carbocycles. The number of rotatable bonds is 5. The molecular formula is C20H20FN5O. The van der Waals surface area contributed by atoms with Crippen molar-refractivity contribution in [2.24, 2.45) is 12.8 Å². The molecule has 3 aromatic rings. The SMILES string of the molecule is C/C(N)=C(/C=N)c1ccc2cc(C(=O)NCc3ccccc3F)n(C)c2n1. The first-order valence-electron chi connectivity index (χ1n) is 8.37. The van der Waals surface area contributed by atoms with Gasteiger partial charge in [0.1, 0.15) is 17.2 Å². The lowest BCUT2D eigenvalue weighted by atomic mass is 10.1. The van der Waals surface area contributed by atoms with Gasteiger partial charge in [-0.25, -0.2) is 9.37 Å². The molecule has 0 spiro atoms. The van der Waals surface area contributed by atoms with Crippen molar-refractivity contribution >= 4 is 28.7 Å². The standard InChI is InChI=1S/C20H20FN5O/c1-12(23)15(10-22)17-8-7-13-9-18(26(2)19(13)25-17)20(27)24-11-14-5-3-4-6-16(14)21/h3-10,22H,11,23H2,1-2H3,(H,24,27)/b15-12+,22-10?. The first-order valence-corrected chi connectivity index (χ1v) is 8.37. The third-order valence-electron chi connectivity index (χ3n) is 4.35. The molecule has 4 N–H and O–H groups in total. The molecule has 0 atom stereocenters. The molecule has 0 aliphatic rings. The summed E-state index contributed by atoms with van der Waals surface area (Å²) in [6.45, 7) is 1.80. The summed E-state index contributed by atoms with van der Waals surface area (Å²) in [6, 6.07) is 11.6. The predicted octanol–water partition coefficient (Wildman–Crippen LogP) is 2.98. The van der Waals surface area contributed by atoms with E-state index in [2.05, 4.69) is 10.3 Å². The molecule has 7 heteroatoms. The normalized spacial score (nSPS) is 12.0. The molecule has 0 unspecified atom stereocenters. The van der Waals surface area contributed by atoms with Crippen molar-refractivity contribution in [3.63, 3.8) is 0 Å². The molecule has 2 heterocycles.